The van der Waals surface area contributed by atoms with E-state index < -0.39 is 5.54 Å². The maximum atomic E-state index is 11.7. The number of nitrogens with zero attached hydrogens (tertiary/aromatic N) is 1. The quantitative estimate of drug-likeness (QED) is 0.604. The summed E-state index contributed by atoms with van der Waals surface area (Å²) in [6.07, 6.45) is 0. The van der Waals surface area contributed by atoms with Gasteiger partial charge in [0.2, 0.25) is 11.8 Å². The number of imide groups is 1. The van der Waals surface area contributed by atoms with E-state index in [0.29, 0.717) is 6.54 Å². The Bertz CT molecular complexity index is 297. The van der Waals surface area contributed by atoms with Crippen LogP contribution < -0.4 is 11.1 Å². The van der Waals surface area contributed by atoms with Crippen molar-refractivity contribution in [1.29, 1.82) is 0 Å². The van der Waals surface area contributed by atoms with Gasteiger partial charge in [-0.1, -0.05) is 0 Å². The molecule has 2 amide bonds. The lowest BCUT2D eigenvalue weighted by molar-refractivity contribution is -0.150. The van der Waals surface area contributed by atoms with Crippen LogP contribution in [0.25, 0.3) is 0 Å². The minimum atomic E-state index is -0.698. The topological polar surface area (TPSA) is 75.4 Å². The maximum absolute atomic E-state index is 11.7. The van der Waals surface area contributed by atoms with Crippen LogP contribution >= 0.6 is 0 Å². The van der Waals surface area contributed by atoms with Gasteiger partial charge in [-0.15, -0.1) is 0 Å². The average molecular weight is 213 g/mol. The SMILES string of the molecule is CC(C)(CN)N1CC(=O)NC(=O)C1(C)C. The first kappa shape index (κ1) is 12.1. The molecule has 15 heavy (non-hydrogen) atoms. The molecule has 0 aliphatic carbocycles. The Morgan fingerprint density at radius 2 is 2.00 bits per heavy atom. The van der Waals surface area contributed by atoms with E-state index >= 15 is 0 Å². The first-order valence-corrected chi connectivity index (χ1v) is 5.04. The molecule has 3 N–H and O–H groups in total. The number of nitrogens with two attached hydrogens (primary N) is 1. The van der Waals surface area contributed by atoms with Crippen LogP contribution in [0, 0.1) is 0 Å². The summed E-state index contributed by atoms with van der Waals surface area (Å²) in [5.41, 5.74) is 4.60. The van der Waals surface area contributed by atoms with Gasteiger partial charge in [-0.25, -0.2) is 0 Å². The molecule has 0 atom stereocenters. The smallest absolute Gasteiger partial charge is 0.246 e. The standard InChI is InChI=1S/C10H19N3O2/c1-9(2,6-11)13-5-7(14)12-8(15)10(13,3)4/h5-6,11H2,1-4H3,(H,12,14,15). The van der Waals surface area contributed by atoms with Gasteiger partial charge in [0.15, 0.2) is 0 Å². The number of carbonyl (C=O) groups is 2. The van der Waals surface area contributed by atoms with Crippen LogP contribution in [0.1, 0.15) is 27.7 Å². The lowest BCUT2D eigenvalue weighted by atomic mass is 9.90. The molecule has 86 valence electrons. The minimum absolute atomic E-state index is 0.211. The number of piperazine rings is 1. The van der Waals surface area contributed by atoms with Crippen molar-refractivity contribution in [3.8, 4) is 0 Å². The highest BCUT2D eigenvalue weighted by atomic mass is 16.2. The molecule has 0 bridgehead atoms. The Kier molecular flexibility index (Phi) is 2.89. The van der Waals surface area contributed by atoms with Crippen molar-refractivity contribution in [1.82, 2.24) is 10.2 Å². The molecule has 0 aromatic carbocycles. The van der Waals surface area contributed by atoms with Gasteiger partial charge in [-0.3, -0.25) is 19.8 Å². The number of hydrogen-bond donors (Lipinski definition) is 2. The number of rotatable bonds is 2. The van der Waals surface area contributed by atoms with E-state index in [1.807, 2.05) is 18.7 Å². The number of hydrogen-bond acceptors (Lipinski definition) is 4. The van der Waals surface area contributed by atoms with E-state index in [1.54, 1.807) is 13.8 Å². The summed E-state index contributed by atoms with van der Waals surface area (Å²) in [4.78, 5) is 24.9. The van der Waals surface area contributed by atoms with Crippen LogP contribution in [0.2, 0.25) is 0 Å². The molecule has 0 aromatic heterocycles. The summed E-state index contributed by atoms with van der Waals surface area (Å²) in [5.74, 6) is -0.527. The van der Waals surface area contributed by atoms with Gasteiger partial charge in [0, 0.05) is 12.1 Å². The Hall–Kier alpha value is -0.940. The highest BCUT2D eigenvalue weighted by Crippen LogP contribution is 2.26. The predicted molar refractivity (Wildman–Crippen MR) is 57.1 cm³/mol. The van der Waals surface area contributed by atoms with E-state index in [-0.39, 0.29) is 23.9 Å². The molecule has 1 saturated heterocycles. The fourth-order valence-corrected chi connectivity index (χ4v) is 1.86. The monoisotopic (exact) mass is 213 g/mol. The largest absolute Gasteiger partial charge is 0.329 e. The summed E-state index contributed by atoms with van der Waals surface area (Å²) in [7, 11) is 0. The van der Waals surface area contributed by atoms with Crippen molar-refractivity contribution < 1.29 is 9.59 Å². The maximum Gasteiger partial charge on any atom is 0.246 e. The second-order valence-corrected chi connectivity index (χ2v) is 5.04. The molecule has 0 spiro atoms. The van der Waals surface area contributed by atoms with Crippen molar-refractivity contribution >= 4 is 11.8 Å². The number of carbonyl (C=O) groups excluding carboxylic acids is 2. The zero-order valence-corrected chi connectivity index (χ0v) is 9.76. The van der Waals surface area contributed by atoms with Crippen molar-refractivity contribution in [3.63, 3.8) is 0 Å². The van der Waals surface area contributed by atoms with Gasteiger partial charge in [0.05, 0.1) is 12.1 Å². The number of amides is 2. The average Bonchev–Trinajstić information content (AvgIpc) is 2.11. The molecule has 0 unspecified atom stereocenters. The van der Waals surface area contributed by atoms with Gasteiger partial charge in [-0.05, 0) is 27.7 Å². The molecular formula is C10H19N3O2. The van der Waals surface area contributed by atoms with Gasteiger partial charge >= 0.3 is 0 Å². The second-order valence-electron chi connectivity index (χ2n) is 5.04. The van der Waals surface area contributed by atoms with E-state index in [0.717, 1.165) is 0 Å². The highest BCUT2D eigenvalue weighted by molar-refractivity contribution is 6.03. The summed E-state index contributed by atoms with van der Waals surface area (Å²) >= 11 is 0. The first-order chi connectivity index (χ1) is 6.71. The summed E-state index contributed by atoms with van der Waals surface area (Å²) < 4.78 is 0. The van der Waals surface area contributed by atoms with Crippen LogP contribution in [0.3, 0.4) is 0 Å². The summed E-state index contributed by atoms with van der Waals surface area (Å²) in [5, 5.41) is 2.34. The van der Waals surface area contributed by atoms with Gasteiger partial charge in [0.1, 0.15) is 0 Å². The van der Waals surface area contributed by atoms with E-state index in [1.165, 1.54) is 0 Å². The third-order valence-electron chi connectivity index (χ3n) is 3.02. The molecule has 5 heteroatoms. The third-order valence-corrected chi connectivity index (χ3v) is 3.02. The van der Waals surface area contributed by atoms with Crippen molar-refractivity contribution in [2.75, 3.05) is 13.1 Å². The zero-order chi connectivity index (χ0) is 11.9. The zero-order valence-electron chi connectivity index (χ0n) is 9.76. The second kappa shape index (κ2) is 3.57. The number of nitrogens with one attached hydrogen (secondary N) is 1. The highest BCUT2D eigenvalue weighted by Gasteiger charge is 2.46. The van der Waals surface area contributed by atoms with Crippen LogP contribution in [0.5, 0.6) is 0 Å². The molecule has 1 fully saturated rings. The molecule has 5 nitrogen and oxygen atoms in total. The van der Waals surface area contributed by atoms with E-state index in [4.69, 9.17) is 5.73 Å². The van der Waals surface area contributed by atoms with Crippen LogP contribution in [-0.4, -0.2) is 40.9 Å². The molecule has 1 aliphatic rings. The van der Waals surface area contributed by atoms with Crippen molar-refractivity contribution in [2.45, 2.75) is 38.8 Å². The first-order valence-electron chi connectivity index (χ1n) is 5.04. The van der Waals surface area contributed by atoms with Crippen molar-refractivity contribution in [2.24, 2.45) is 5.73 Å². The summed E-state index contributed by atoms with van der Waals surface area (Å²) in [6.45, 7) is 8.07. The third kappa shape index (κ3) is 2.03. The van der Waals surface area contributed by atoms with Crippen LogP contribution in [-0.2, 0) is 9.59 Å². The molecule has 0 saturated carbocycles. The minimum Gasteiger partial charge on any atom is -0.329 e. The molecule has 1 heterocycles. The molecule has 0 aromatic rings. The fourth-order valence-electron chi connectivity index (χ4n) is 1.86. The van der Waals surface area contributed by atoms with Crippen molar-refractivity contribution in [3.05, 3.63) is 0 Å². The Balaban J connectivity index is 3.04. The van der Waals surface area contributed by atoms with Gasteiger partial charge in [0.25, 0.3) is 0 Å². The lowest BCUT2D eigenvalue weighted by Gasteiger charge is -2.48. The van der Waals surface area contributed by atoms with E-state index in [9.17, 15) is 9.59 Å². The lowest BCUT2D eigenvalue weighted by Crippen LogP contribution is -2.70. The molecular weight excluding hydrogens is 194 g/mol. The molecule has 1 aliphatic heterocycles. The molecule has 0 radical (unpaired) electrons. The normalized spacial score (nSPS) is 22.7. The fraction of sp³-hybridized carbons (Fsp3) is 0.800. The summed E-state index contributed by atoms with van der Waals surface area (Å²) in [6, 6.07) is 0. The van der Waals surface area contributed by atoms with E-state index in [2.05, 4.69) is 5.32 Å². The molecule has 1 rings (SSSR count). The van der Waals surface area contributed by atoms with Crippen LogP contribution in [0.4, 0.5) is 0 Å². The van der Waals surface area contributed by atoms with Gasteiger partial charge in [-0.2, -0.15) is 0 Å². The Morgan fingerprint density at radius 1 is 1.47 bits per heavy atom. The Labute approximate surface area is 90.0 Å². The predicted octanol–water partition coefficient (Wildman–Crippen LogP) is -0.539. The van der Waals surface area contributed by atoms with Gasteiger partial charge < -0.3 is 5.73 Å². The van der Waals surface area contributed by atoms with Crippen LogP contribution in [0.15, 0.2) is 0 Å². The Morgan fingerprint density at radius 3 is 2.47 bits per heavy atom.